The third-order valence-electron chi connectivity index (χ3n) is 6.81. The molecule has 1 fully saturated rings. The van der Waals surface area contributed by atoms with Gasteiger partial charge in [0.05, 0.1) is 13.2 Å². The van der Waals surface area contributed by atoms with E-state index in [0.29, 0.717) is 12.8 Å². The molecule has 0 aliphatic carbocycles. The fourth-order valence-electron chi connectivity index (χ4n) is 4.78. The number of aryl methyl sites for hydroxylation is 2. The Labute approximate surface area is 215 Å². The fourth-order valence-corrected chi connectivity index (χ4v) is 4.78. The number of hydrogen-bond acceptors (Lipinski definition) is 5. The zero-order valence-electron chi connectivity index (χ0n) is 21.0. The third-order valence-corrected chi connectivity index (χ3v) is 6.81. The molecule has 3 atom stereocenters. The Bertz CT molecular complexity index is 1290. The van der Waals surface area contributed by atoms with E-state index in [4.69, 9.17) is 4.74 Å². The molecule has 1 aromatic heterocycles. The first-order chi connectivity index (χ1) is 17.8. The molecule has 1 aliphatic heterocycles. The van der Waals surface area contributed by atoms with Crippen molar-refractivity contribution in [3.05, 3.63) is 71.9 Å². The van der Waals surface area contributed by atoms with Crippen molar-refractivity contribution >= 4 is 34.6 Å². The van der Waals surface area contributed by atoms with Crippen LogP contribution in [0.2, 0.25) is 0 Å². The van der Waals surface area contributed by atoms with Crippen LogP contribution in [-0.4, -0.2) is 53.4 Å². The molecule has 1 unspecified atom stereocenters. The number of H-pyrrole nitrogens is 1. The van der Waals surface area contributed by atoms with Crippen LogP contribution in [0.5, 0.6) is 0 Å². The van der Waals surface area contributed by atoms with Gasteiger partial charge in [0.1, 0.15) is 11.6 Å². The number of benzene rings is 2. The summed E-state index contributed by atoms with van der Waals surface area (Å²) >= 11 is 0. The summed E-state index contributed by atoms with van der Waals surface area (Å²) in [6, 6.07) is 15.6. The van der Waals surface area contributed by atoms with Crippen LogP contribution in [0.25, 0.3) is 10.9 Å². The Morgan fingerprint density at radius 1 is 1.00 bits per heavy atom. The number of carbonyl (C=O) groups excluding carboxylic acids is 4. The van der Waals surface area contributed by atoms with Gasteiger partial charge in [-0.15, -0.1) is 0 Å². The number of hydrogen-bond donors (Lipinski definition) is 4. The first-order valence-electron chi connectivity index (χ1n) is 12.4. The molecule has 1 saturated heterocycles. The van der Waals surface area contributed by atoms with E-state index < -0.39 is 29.5 Å². The quantitative estimate of drug-likeness (QED) is 0.332. The molecular formula is C28H32N4O5. The van der Waals surface area contributed by atoms with E-state index in [9.17, 15) is 19.2 Å². The Morgan fingerprint density at radius 2 is 1.70 bits per heavy atom. The number of esters is 1. The number of methoxy groups -OCH3 is 1. The first kappa shape index (κ1) is 25.9. The Hall–Kier alpha value is -4.14. The molecule has 3 aromatic rings. The van der Waals surface area contributed by atoms with Crippen LogP contribution in [0.1, 0.15) is 37.3 Å². The van der Waals surface area contributed by atoms with E-state index in [1.807, 2.05) is 60.8 Å². The molecule has 9 nitrogen and oxygen atoms in total. The fraction of sp³-hybridized carbons (Fsp3) is 0.357. The van der Waals surface area contributed by atoms with E-state index in [1.54, 1.807) is 6.92 Å². The second kappa shape index (κ2) is 11.3. The van der Waals surface area contributed by atoms with Crippen LogP contribution < -0.4 is 16.0 Å². The lowest BCUT2D eigenvalue weighted by molar-refractivity contribution is -0.150. The monoisotopic (exact) mass is 504 g/mol. The molecule has 4 rings (SSSR count). The molecule has 2 heterocycles. The number of aromatic nitrogens is 1. The summed E-state index contributed by atoms with van der Waals surface area (Å²) in [7, 11) is 1.23. The van der Waals surface area contributed by atoms with Crippen LogP contribution in [0.15, 0.2) is 60.8 Å². The molecule has 0 radical (unpaired) electrons. The van der Waals surface area contributed by atoms with Gasteiger partial charge in [0, 0.05) is 36.4 Å². The normalized spacial score (nSPS) is 21.2. The highest BCUT2D eigenvalue weighted by atomic mass is 16.5. The number of fused-ring (bicyclic) bond motifs is 1. The van der Waals surface area contributed by atoms with Gasteiger partial charge in [-0.05, 0) is 37.0 Å². The van der Waals surface area contributed by atoms with Crippen LogP contribution >= 0.6 is 0 Å². The molecule has 4 N–H and O–H groups in total. The molecule has 0 bridgehead atoms. The highest BCUT2D eigenvalue weighted by Crippen LogP contribution is 2.23. The smallest absolute Gasteiger partial charge is 0.330 e. The molecule has 2 aromatic carbocycles. The maximum absolute atomic E-state index is 12.9. The van der Waals surface area contributed by atoms with E-state index in [0.717, 1.165) is 22.0 Å². The van der Waals surface area contributed by atoms with Crippen LogP contribution in [0.4, 0.5) is 0 Å². The second-order valence-corrected chi connectivity index (χ2v) is 9.58. The lowest BCUT2D eigenvalue weighted by Gasteiger charge is -2.41. The molecule has 194 valence electrons. The van der Waals surface area contributed by atoms with Gasteiger partial charge in [-0.3, -0.25) is 14.4 Å². The van der Waals surface area contributed by atoms with Crippen molar-refractivity contribution in [1.29, 1.82) is 0 Å². The van der Waals surface area contributed by atoms with E-state index in [1.165, 1.54) is 7.11 Å². The summed E-state index contributed by atoms with van der Waals surface area (Å²) in [6.07, 6.45) is 3.37. The van der Waals surface area contributed by atoms with Gasteiger partial charge in [0.2, 0.25) is 17.7 Å². The lowest BCUT2D eigenvalue weighted by atomic mass is 9.83. The molecule has 3 amide bonds. The molecule has 0 spiro atoms. The predicted octanol–water partition coefficient (Wildman–Crippen LogP) is 2.15. The number of nitrogens with one attached hydrogen (secondary N) is 4. The van der Waals surface area contributed by atoms with Crippen molar-refractivity contribution in [2.75, 3.05) is 7.11 Å². The van der Waals surface area contributed by atoms with Crippen molar-refractivity contribution in [3.63, 3.8) is 0 Å². The van der Waals surface area contributed by atoms with Gasteiger partial charge in [-0.25, -0.2) is 4.79 Å². The predicted molar refractivity (Wildman–Crippen MR) is 138 cm³/mol. The van der Waals surface area contributed by atoms with E-state index in [2.05, 4.69) is 20.9 Å². The highest BCUT2D eigenvalue weighted by Gasteiger charge is 2.48. The van der Waals surface area contributed by atoms with Crippen molar-refractivity contribution in [1.82, 2.24) is 20.9 Å². The Balaban J connectivity index is 1.40. The maximum Gasteiger partial charge on any atom is 0.330 e. The van der Waals surface area contributed by atoms with E-state index in [-0.39, 0.29) is 31.1 Å². The number of carbonyl (C=O) groups is 4. The molecule has 1 aliphatic rings. The molecule has 9 heteroatoms. The van der Waals surface area contributed by atoms with Crippen molar-refractivity contribution in [2.24, 2.45) is 0 Å². The Morgan fingerprint density at radius 3 is 2.46 bits per heavy atom. The summed E-state index contributed by atoms with van der Waals surface area (Å²) in [6.45, 7) is 1.60. The number of amides is 3. The number of piperidine rings is 1. The van der Waals surface area contributed by atoms with Crippen LogP contribution in [0.3, 0.4) is 0 Å². The maximum atomic E-state index is 12.9. The number of rotatable bonds is 9. The van der Waals surface area contributed by atoms with Gasteiger partial charge in [0.15, 0.2) is 0 Å². The van der Waals surface area contributed by atoms with Crippen molar-refractivity contribution in [3.8, 4) is 0 Å². The SMILES string of the molecule is COC(=O)[C@H]1NC(=O)[C@@](C)(NC(=O)CCc2ccccc2)CC1NC(=O)CCc1c[nH]c2ccccc12. The van der Waals surface area contributed by atoms with Gasteiger partial charge < -0.3 is 25.7 Å². The zero-order chi connectivity index (χ0) is 26.4. The number of ether oxygens (including phenoxy) is 1. The van der Waals surface area contributed by atoms with Crippen LogP contribution in [0, 0.1) is 0 Å². The number of aromatic amines is 1. The minimum atomic E-state index is -1.30. The minimum absolute atomic E-state index is 0.0501. The average molecular weight is 505 g/mol. The summed E-state index contributed by atoms with van der Waals surface area (Å²) in [5.41, 5.74) is 1.73. The van der Waals surface area contributed by atoms with E-state index >= 15 is 0 Å². The van der Waals surface area contributed by atoms with Crippen LogP contribution in [-0.2, 0) is 36.8 Å². The van der Waals surface area contributed by atoms with Gasteiger partial charge in [0.25, 0.3) is 0 Å². The standard InChI is InChI=1S/C28H32N4O5/c1-28(32-24(34)14-12-18-8-4-3-5-9-18)16-22(25(26(35)37-2)31-27(28)36)30-23(33)15-13-19-17-29-21-11-7-6-10-20(19)21/h3-11,17,22,25,29H,12-16H2,1-2H3,(H,30,33)(H,31,36)(H,32,34)/t22?,25-,28-/m0/s1. The Kier molecular flexibility index (Phi) is 7.91. The first-order valence-corrected chi connectivity index (χ1v) is 12.4. The largest absolute Gasteiger partial charge is 0.467 e. The minimum Gasteiger partial charge on any atom is -0.467 e. The highest BCUT2D eigenvalue weighted by molar-refractivity contribution is 5.96. The summed E-state index contributed by atoms with van der Waals surface area (Å²) in [5.74, 6) is -1.71. The second-order valence-electron chi connectivity index (χ2n) is 9.58. The summed E-state index contributed by atoms with van der Waals surface area (Å²) < 4.78 is 4.86. The van der Waals surface area contributed by atoms with Gasteiger partial charge in [-0.2, -0.15) is 0 Å². The summed E-state index contributed by atoms with van der Waals surface area (Å²) in [4.78, 5) is 54.2. The topological polar surface area (TPSA) is 129 Å². The molecule has 37 heavy (non-hydrogen) atoms. The lowest BCUT2D eigenvalue weighted by Crippen LogP contribution is -2.71. The average Bonchev–Trinajstić information content (AvgIpc) is 3.31. The van der Waals surface area contributed by atoms with Crippen molar-refractivity contribution in [2.45, 2.75) is 56.7 Å². The zero-order valence-corrected chi connectivity index (χ0v) is 21.0. The van der Waals surface area contributed by atoms with Gasteiger partial charge >= 0.3 is 5.97 Å². The van der Waals surface area contributed by atoms with Gasteiger partial charge in [-0.1, -0.05) is 48.5 Å². The van der Waals surface area contributed by atoms with Crippen molar-refractivity contribution < 1.29 is 23.9 Å². The third kappa shape index (κ3) is 6.17. The molecule has 0 saturated carbocycles. The number of para-hydroxylation sites is 1. The molecular weight excluding hydrogens is 472 g/mol. The summed E-state index contributed by atoms with van der Waals surface area (Å²) in [5, 5.41) is 9.39.